The average Bonchev–Trinajstić information content (AvgIpc) is 2.97. The minimum Gasteiger partial charge on any atom is -0.364 e. The van der Waals surface area contributed by atoms with E-state index in [0.29, 0.717) is 22.5 Å². The molecule has 0 spiro atoms. The van der Waals surface area contributed by atoms with Crippen LogP contribution in [0, 0.1) is 6.92 Å². The summed E-state index contributed by atoms with van der Waals surface area (Å²) in [6.45, 7) is 2.48. The number of hydrogen-bond donors (Lipinski definition) is 1. The van der Waals surface area contributed by atoms with Gasteiger partial charge in [0.05, 0.1) is 11.6 Å². The highest BCUT2D eigenvalue weighted by Crippen LogP contribution is 2.25. The van der Waals surface area contributed by atoms with Crippen molar-refractivity contribution < 1.29 is 0 Å². The first-order chi connectivity index (χ1) is 9.56. The van der Waals surface area contributed by atoms with Gasteiger partial charge in [-0.15, -0.1) is 0 Å². The van der Waals surface area contributed by atoms with Crippen molar-refractivity contribution in [2.24, 2.45) is 7.05 Å². The second-order valence-corrected chi connectivity index (χ2v) is 5.21. The van der Waals surface area contributed by atoms with Gasteiger partial charge in [-0.1, -0.05) is 23.2 Å². The second kappa shape index (κ2) is 4.96. The molecule has 0 amide bonds. The Morgan fingerprint density at radius 3 is 2.80 bits per heavy atom. The molecule has 0 aliphatic rings. The van der Waals surface area contributed by atoms with Gasteiger partial charge in [0.2, 0.25) is 0 Å². The van der Waals surface area contributed by atoms with Crippen LogP contribution in [0.25, 0.3) is 5.78 Å². The van der Waals surface area contributed by atoms with Crippen LogP contribution in [-0.2, 0) is 13.6 Å². The minimum atomic E-state index is 0.528. The van der Waals surface area contributed by atoms with Crippen molar-refractivity contribution in [3.05, 3.63) is 40.0 Å². The molecule has 0 unspecified atom stereocenters. The lowest BCUT2D eigenvalue weighted by Gasteiger charge is -2.09. The largest absolute Gasteiger partial charge is 0.364 e. The highest BCUT2D eigenvalue weighted by atomic mass is 35.5. The van der Waals surface area contributed by atoms with Crippen molar-refractivity contribution in [3.8, 4) is 0 Å². The molecule has 0 saturated heterocycles. The molecule has 1 N–H and O–H groups in total. The lowest BCUT2D eigenvalue weighted by atomic mass is 10.4. The number of nitrogens with one attached hydrogen (secondary N) is 1. The third-order valence-corrected chi connectivity index (χ3v) is 3.89. The zero-order valence-electron chi connectivity index (χ0n) is 10.9. The SMILES string of the molecule is Cc1cc(NCc2cc(Cl)c(Cl)n2C)n2ncnc2n1. The zero-order chi connectivity index (χ0) is 14.3. The number of halogens is 2. The summed E-state index contributed by atoms with van der Waals surface area (Å²) >= 11 is 12.0. The van der Waals surface area contributed by atoms with Gasteiger partial charge in [-0.3, -0.25) is 0 Å². The van der Waals surface area contributed by atoms with Crippen LogP contribution < -0.4 is 5.32 Å². The van der Waals surface area contributed by atoms with Crippen molar-refractivity contribution in [1.29, 1.82) is 0 Å². The molecular weight excluding hydrogens is 299 g/mol. The second-order valence-electron chi connectivity index (χ2n) is 4.44. The first kappa shape index (κ1) is 13.2. The van der Waals surface area contributed by atoms with Crippen LogP contribution in [0.2, 0.25) is 10.2 Å². The van der Waals surface area contributed by atoms with E-state index in [-0.39, 0.29) is 0 Å². The normalized spacial score (nSPS) is 11.2. The van der Waals surface area contributed by atoms with Crippen LogP contribution in [0.4, 0.5) is 5.82 Å². The van der Waals surface area contributed by atoms with E-state index in [9.17, 15) is 0 Å². The first-order valence-corrected chi connectivity index (χ1v) is 6.72. The van der Waals surface area contributed by atoms with Gasteiger partial charge in [-0.2, -0.15) is 14.6 Å². The fourth-order valence-corrected chi connectivity index (χ4v) is 2.41. The third kappa shape index (κ3) is 2.21. The van der Waals surface area contributed by atoms with Crippen LogP contribution >= 0.6 is 23.2 Å². The minimum absolute atomic E-state index is 0.528. The number of aryl methyl sites for hydroxylation is 1. The quantitative estimate of drug-likeness (QED) is 0.808. The number of fused-ring (bicyclic) bond motifs is 1. The van der Waals surface area contributed by atoms with E-state index in [1.165, 1.54) is 6.33 Å². The van der Waals surface area contributed by atoms with Gasteiger partial charge in [-0.25, -0.2) is 4.98 Å². The van der Waals surface area contributed by atoms with Crippen LogP contribution in [0.3, 0.4) is 0 Å². The molecule has 0 aliphatic carbocycles. The maximum atomic E-state index is 6.05. The highest BCUT2D eigenvalue weighted by molar-refractivity contribution is 6.41. The van der Waals surface area contributed by atoms with Gasteiger partial charge in [0, 0.05) is 24.5 Å². The lowest BCUT2D eigenvalue weighted by molar-refractivity contribution is 0.832. The third-order valence-electron chi connectivity index (χ3n) is 3.05. The van der Waals surface area contributed by atoms with Gasteiger partial charge in [0.15, 0.2) is 0 Å². The Hall–Kier alpha value is -1.79. The summed E-state index contributed by atoms with van der Waals surface area (Å²) in [6, 6.07) is 3.75. The molecule has 104 valence electrons. The maximum Gasteiger partial charge on any atom is 0.254 e. The van der Waals surface area contributed by atoms with Gasteiger partial charge >= 0.3 is 0 Å². The topological polar surface area (TPSA) is 60.0 Å². The fourth-order valence-electron chi connectivity index (χ4n) is 2.00. The van der Waals surface area contributed by atoms with Crippen molar-refractivity contribution in [3.63, 3.8) is 0 Å². The molecule has 0 saturated carbocycles. The Bertz CT molecular complexity index is 776. The number of aromatic nitrogens is 5. The predicted molar refractivity (Wildman–Crippen MR) is 78.3 cm³/mol. The van der Waals surface area contributed by atoms with Crippen molar-refractivity contribution in [1.82, 2.24) is 24.1 Å². The number of nitrogens with zero attached hydrogens (tertiary/aromatic N) is 5. The summed E-state index contributed by atoms with van der Waals surface area (Å²) in [5.74, 6) is 1.38. The van der Waals surface area contributed by atoms with Gasteiger partial charge < -0.3 is 9.88 Å². The summed E-state index contributed by atoms with van der Waals surface area (Å²) in [4.78, 5) is 8.37. The molecule has 3 aromatic heterocycles. The summed E-state index contributed by atoms with van der Waals surface area (Å²) in [5, 5.41) is 8.51. The summed E-state index contributed by atoms with van der Waals surface area (Å²) in [7, 11) is 1.87. The monoisotopic (exact) mass is 310 g/mol. The Morgan fingerprint density at radius 2 is 2.10 bits per heavy atom. The van der Waals surface area contributed by atoms with Crippen LogP contribution in [-0.4, -0.2) is 24.1 Å². The molecular formula is C12H12Cl2N6. The molecule has 0 atom stereocenters. The molecule has 3 aromatic rings. The molecule has 3 rings (SSSR count). The number of anilines is 1. The van der Waals surface area contributed by atoms with E-state index in [1.54, 1.807) is 4.52 Å². The van der Waals surface area contributed by atoms with Crippen LogP contribution in [0.15, 0.2) is 18.5 Å². The van der Waals surface area contributed by atoms with E-state index in [4.69, 9.17) is 23.2 Å². The van der Waals surface area contributed by atoms with Gasteiger partial charge in [0.25, 0.3) is 5.78 Å². The Kier molecular flexibility index (Phi) is 3.27. The highest BCUT2D eigenvalue weighted by Gasteiger charge is 2.10. The maximum absolute atomic E-state index is 6.05. The Balaban J connectivity index is 1.90. The van der Waals surface area contributed by atoms with Crippen molar-refractivity contribution in [2.45, 2.75) is 13.5 Å². The molecule has 0 aromatic carbocycles. The Morgan fingerprint density at radius 1 is 1.30 bits per heavy atom. The molecule has 0 fully saturated rings. The first-order valence-electron chi connectivity index (χ1n) is 5.97. The van der Waals surface area contributed by atoms with Gasteiger partial charge in [0.1, 0.15) is 17.3 Å². The Labute approximate surface area is 125 Å². The molecule has 0 aliphatic heterocycles. The summed E-state index contributed by atoms with van der Waals surface area (Å²) in [6.07, 6.45) is 1.48. The van der Waals surface area contributed by atoms with E-state index >= 15 is 0 Å². The summed E-state index contributed by atoms with van der Waals surface area (Å²) < 4.78 is 3.49. The van der Waals surface area contributed by atoms with Crippen molar-refractivity contribution in [2.75, 3.05) is 5.32 Å². The van der Waals surface area contributed by atoms with Crippen molar-refractivity contribution >= 4 is 34.8 Å². The molecule has 3 heterocycles. The van der Waals surface area contributed by atoms with E-state index in [0.717, 1.165) is 17.2 Å². The molecule has 6 nitrogen and oxygen atoms in total. The number of hydrogen-bond acceptors (Lipinski definition) is 4. The predicted octanol–water partition coefficient (Wildman–Crippen LogP) is 2.69. The molecule has 20 heavy (non-hydrogen) atoms. The fraction of sp³-hybridized carbons (Fsp3) is 0.250. The van der Waals surface area contributed by atoms with Crippen LogP contribution in [0.1, 0.15) is 11.4 Å². The zero-order valence-corrected chi connectivity index (χ0v) is 12.4. The summed E-state index contributed by atoms with van der Waals surface area (Å²) in [5.41, 5.74) is 1.85. The molecule has 0 radical (unpaired) electrons. The average molecular weight is 311 g/mol. The van der Waals surface area contributed by atoms with E-state index < -0.39 is 0 Å². The van der Waals surface area contributed by atoms with E-state index in [1.807, 2.05) is 30.7 Å². The van der Waals surface area contributed by atoms with Crippen LogP contribution in [0.5, 0.6) is 0 Å². The number of rotatable bonds is 3. The van der Waals surface area contributed by atoms with E-state index in [2.05, 4.69) is 20.4 Å². The lowest BCUT2D eigenvalue weighted by Crippen LogP contribution is -2.09. The smallest absolute Gasteiger partial charge is 0.254 e. The molecule has 0 bridgehead atoms. The molecule has 8 heteroatoms. The van der Waals surface area contributed by atoms with Gasteiger partial charge in [-0.05, 0) is 13.0 Å². The standard InChI is InChI=1S/C12H12Cl2N6/c1-7-3-10(20-12(18-7)16-6-17-20)15-5-8-4-9(13)11(14)19(8)2/h3-4,6,15H,5H2,1-2H3.